The van der Waals surface area contributed by atoms with Crippen molar-refractivity contribution in [2.45, 2.75) is 0 Å². The summed E-state index contributed by atoms with van der Waals surface area (Å²) in [6.45, 7) is 0. The minimum atomic E-state index is 0.635. The highest BCUT2D eigenvalue weighted by atomic mass is 14.7. The standard InChI is InChI=1S/C13H8N2/c14-7-13-12-6-10-4-2-1-3-9(10)5-11(12)8-15-13/h1-6,8,15H. The highest BCUT2D eigenvalue weighted by molar-refractivity contribution is 6.00. The molecule has 1 aromatic heterocycles. The van der Waals surface area contributed by atoms with Crippen LogP contribution < -0.4 is 0 Å². The maximum Gasteiger partial charge on any atom is 0.125 e. The van der Waals surface area contributed by atoms with Gasteiger partial charge in [-0.05, 0) is 22.9 Å². The van der Waals surface area contributed by atoms with E-state index < -0.39 is 0 Å². The first-order chi connectivity index (χ1) is 7.38. The maximum atomic E-state index is 8.92. The molecule has 2 heteroatoms. The monoisotopic (exact) mass is 192 g/mol. The van der Waals surface area contributed by atoms with Gasteiger partial charge in [0, 0.05) is 17.0 Å². The molecule has 0 aliphatic heterocycles. The summed E-state index contributed by atoms with van der Waals surface area (Å²) in [6.07, 6.45) is 1.88. The molecule has 0 spiro atoms. The lowest BCUT2D eigenvalue weighted by Crippen LogP contribution is -1.74. The summed E-state index contributed by atoms with van der Waals surface area (Å²) >= 11 is 0. The molecular formula is C13H8N2. The van der Waals surface area contributed by atoms with E-state index in [1.807, 2.05) is 18.3 Å². The molecule has 70 valence electrons. The Morgan fingerprint density at radius 1 is 1.00 bits per heavy atom. The lowest BCUT2D eigenvalue weighted by atomic mass is 10.1. The van der Waals surface area contributed by atoms with Gasteiger partial charge in [0.1, 0.15) is 11.8 Å². The Bertz CT molecular complexity index is 686. The van der Waals surface area contributed by atoms with E-state index in [1.165, 1.54) is 10.8 Å². The van der Waals surface area contributed by atoms with Crippen LogP contribution >= 0.6 is 0 Å². The van der Waals surface area contributed by atoms with E-state index in [4.69, 9.17) is 5.26 Å². The Balaban J connectivity index is 2.51. The van der Waals surface area contributed by atoms with Gasteiger partial charge < -0.3 is 4.98 Å². The summed E-state index contributed by atoms with van der Waals surface area (Å²) in [5.74, 6) is 0. The SMILES string of the molecule is N#Cc1[nH]cc2cc3ccccc3cc12. The average molecular weight is 192 g/mol. The molecule has 0 amide bonds. The third kappa shape index (κ3) is 1.10. The van der Waals surface area contributed by atoms with Gasteiger partial charge >= 0.3 is 0 Å². The van der Waals surface area contributed by atoms with Crippen LogP contribution in [0.5, 0.6) is 0 Å². The highest BCUT2D eigenvalue weighted by Crippen LogP contribution is 2.24. The van der Waals surface area contributed by atoms with Crippen molar-refractivity contribution in [2.24, 2.45) is 0 Å². The van der Waals surface area contributed by atoms with Gasteiger partial charge in [0.05, 0.1) is 0 Å². The number of aromatic amines is 1. The third-order valence-corrected chi connectivity index (χ3v) is 2.67. The fourth-order valence-electron chi connectivity index (χ4n) is 1.91. The van der Waals surface area contributed by atoms with Crippen molar-refractivity contribution in [3.05, 3.63) is 48.3 Å². The molecule has 0 bridgehead atoms. The van der Waals surface area contributed by atoms with Crippen LogP contribution in [0.2, 0.25) is 0 Å². The van der Waals surface area contributed by atoms with Gasteiger partial charge in [-0.15, -0.1) is 0 Å². The first-order valence-corrected chi connectivity index (χ1v) is 4.78. The second kappa shape index (κ2) is 2.86. The number of H-pyrrole nitrogens is 1. The van der Waals surface area contributed by atoms with Gasteiger partial charge in [-0.25, -0.2) is 0 Å². The molecule has 15 heavy (non-hydrogen) atoms. The van der Waals surface area contributed by atoms with Crippen molar-refractivity contribution >= 4 is 21.5 Å². The predicted octanol–water partition coefficient (Wildman–Crippen LogP) is 3.19. The molecule has 0 atom stereocenters. The molecule has 0 radical (unpaired) electrons. The molecule has 1 heterocycles. The molecule has 2 aromatic carbocycles. The van der Waals surface area contributed by atoms with Gasteiger partial charge in [-0.3, -0.25) is 0 Å². The Morgan fingerprint density at radius 2 is 1.73 bits per heavy atom. The van der Waals surface area contributed by atoms with Crippen molar-refractivity contribution in [3.8, 4) is 6.07 Å². The number of nitrogens with zero attached hydrogens (tertiary/aromatic N) is 1. The highest BCUT2D eigenvalue weighted by Gasteiger charge is 2.03. The van der Waals surface area contributed by atoms with Crippen LogP contribution in [0.15, 0.2) is 42.6 Å². The van der Waals surface area contributed by atoms with Crippen LogP contribution in [-0.2, 0) is 0 Å². The Hall–Kier alpha value is -2.27. The molecular weight excluding hydrogens is 184 g/mol. The lowest BCUT2D eigenvalue weighted by Gasteiger charge is -1.97. The van der Waals surface area contributed by atoms with Gasteiger partial charge in [0.2, 0.25) is 0 Å². The Labute approximate surface area is 86.8 Å². The minimum Gasteiger partial charge on any atom is -0.352 e. The summed E-state index contributed by atoms with van der Waals surface area (Å²) < 4.78 is 0. The third-order valence-electron chi connectivity index (χ3n) is 2.67. The van der Waals surface area contributed by atoms with E-state index in [0.717, 1.165) is 10.8 Å². The molecule has 0 saturated carbocycles. The number of aromatic nitrogens is 1. The van der Waals surface area contributed by atoms with Crippen molar-refractivity contribution in [1.82, 2.24) is 4.98 Å². The number of hydrogen-bond acceptors (Lipinski definition) is 1. The number of benzene rings is 2. The van der Waals surface area contributed by atoms with Gasteiger partial charge in [-0.2, -0.15) is 5.26 Å². The lowest BCUT2D eigenvalue weighted by molar-refractivity contribution is 1.35. The van der Waals surface area contributed by atoms with Crippen LogP contribution in [0.3, 0.4) is 0 Å². The normalized spacial score (nSPS) is 10.6. The topological polar surface area (TPSA) is 39.6 Å². The van der Waals surface area contributed by atoms with Gasteiger partial charge in [0.15, 0.2) is 0 Å². The maximum absolute atomic E-state index is 8.92. The average Bonchev–Trinajstić information content (AvgIpc) is 2.68. The summed E-state index contributed by atoms with van der Waals surface area (Å²) in [6, 6.07) is 14.5. The van der Waals surface area contributed by atoms with Crippen LogP contribution in [0.1, 0.15) is 5.69 Å². The van der Waals surface area contributed by atoms with E-state index >= 15 is 0 Å². The summed E-state index contributed by atoms with van der Waals surface area (Å²) in [5.41, 5.74) is 0.635. The number of rotatable bonds is 0. The zero-order chi connectivity index (χ0) is 10.3. The molecule has 3 rings (SSSR count). The Kier molecular flexibility index (Phi) is 1.54. The van der Waals surface area contributed by atoms with Crippen molar-refractivity contribution in [1.29, 1.82) is 5.26 Å². The number of nitrogens with one attached hydrogen (secondary N) is 1. The van der Waals surface area contributed by atoms with E-state index in [2.05, 4.69) is 35.3 Å². The van der Waals surface area contributed by atoms with Crippen molar-refractivity contribution in [2.75, 3.05) is 0 Å². The smallest absolute Gasteiger partial charge is 0.125 e. The molecule has 0 fully saturated rings. The fraction of sp³-hybridized carbons (Fsp3) is 0. The second-order valence-electron chi connectivity index (χ2n) is 3.56. The Morgan fingerprint density at radius 3 is 2.47 bits per heavy atom. The van der Waals surface area contributed by atoms with E-state index in [1.54, 1.807) is 0 Å². The van der Waals surface area contributed by atoms with Crippen molar-refractivity contribution < 1.29 is 0 Å². The molecule has 2 nitrogen and oxygen atoms in total. The second-order valence-corrected chi connectivity index (χ2v) is 3.56. The molecule has 0 unspecified atom stereocenters. The van der Waals surface area contributed by atoms with Crippen LogP contribution in [0.4, 0.5) is 0 Å². The number of nitriles is 1. The molecule has 1 N–H and O–H groups in total. The van der Waals surface area contributed by atoms with Crippen LogP contribution in [0, 0.1) is 11.3 Å². The zero-order valence-electron chi connectivity index (χ0n) is 7.99. The largest absolute Gasteiger partial charge is 0.352 e. The molecule has 3 aromatic rings. The van der Waals surface area contributed by atoms with Crippen LogP contribution in [-0.4, -0.2) is 4.98 Å². The van der Waals surface area contributed by atoms with Gasteiger partial charge in [-0.1, -0.05) is 24.3 Å². The summed E-state index contributed by atoms with van der Waals surface area (Å²) in [5, 5.41) is 13.4. The summed E-state index contributed by atoms with van der Waals surface area (Å²) in [7, 11) is 0. The molecule has 0 saturated heterocycles. The molecule has 0 aliphatic rings. The van der Waals surface area contributed by atoms with E-state index in [-0.39, 0.29) is 0 Å². The van der Waals surface area contributed by atoms with E-state index in [0.29, 0.717) is 5.69 Å². The molecule has 0 aliphatic carbocycles. The number of fused-ring (bicyclic) bond motifs is 2. The van der Waals surface area contributed by atoms with Gasteiger partial charge in [0.25, 0.3) is 0 Å². The first-order valence-electron chi connectivity index (χ1n) is 4.78. The first kappa shape index (κ1) is 8.07. The fourth-order valence-corrected chi connectivity index (χ4v) is 1.91. The van der Waals surface area contributed by atoms with Crippen molar-refractivity contribution in [3.63, 3.8) is 0 Å². The van der Waals surface area contributed by atoms with E-state index in [9.17, 15) is 0 Å². The van der Waals surface area contributed by atoms with Crippen LogP contribution in [0.25, 0.3) is 21.5 Å². The zero-order valence-corrected chi connectivity index (χ0v) is 7.99. The summed E-state index contributed by atoms with van der Waals surface area (Å²) in [4.78, 5) is 2.98. The predicted molar refractivity (Wildman–Crippen MR) is 60.5 cm³/mol. The minimum absolute atomic E-state index is 0.635. The quantitative estimate of drug-likeness (QED) is 0.583. The number of hydrogen-bond donors (Lipinski definition) is 1.